The molecule has 4 nitrogen and oxygen atoms in total. The summed E-state index contributed by atoms with van der Waals surface area (Å²) in [6.45, 7) is 8.31. The van der Waals surface area contributed by atoms with Crippen molar-refractivity contribution in [3.05, 3.63) is 65.9 Å². The molecule has 0 atom stereocenters. The number of amides is 2. The predicted octanol–water partition coefficient (Wildman–Crippen LogP) is 5.48. The number of aromatic nitrogens is 1. The van der Waals surface area contributed by atoms with E-state index in [9.17, 15) is 4.79 Å². The Bertz CT molecular complexity index is 926. The van der Waals surface area contributed by atoms with Crippen LogP contribution in [0, 0.1) is 6.92 Å². The number of nitrogens with one attached hydrogen (secondary N) is 2. The maximum Gasteiger partial charge on any atom is 0.323 e. The molecular weight excluding hydrogens is 310 g/mol. The Morgan fingerprint density at radius 1 is 0.920 bits per heavy atom. The normalized spacial score (nSPS) is 11.4. The Balaban J connectivity index is 1.88. The lowest BCUT2D eigenvalue weighted by molar-refractivity contribution is 0.262. The van der Waals surface area contributed by atoms with Gasteiger partial charge in [-0.05, 0) is 36.1 Å². The van der Waals surface area contributed by atoms with Gasteiger partial charge in [-0.1, -0.05) is 57.2 Å². The van der Waals surface area contributed by atoms with Crippen LogP contribution in [0.25, 0.3) is 10.9 Å². The van der Waals surface area contributed by atoms with E-state index in [1.54, 1.807) is 0 Å². The van der Waals surface area contributed by atoms with Crippen LogP contribution in [-0.2, 0) is 5.41 Å². The summed E-state index contributed by atoms with van der Waals surface area (Å²) in [5, 5.41) is 6.87. The van der Waals surface area contributed by atoms with Gasteiger partial charge in [-0.25, -0.2) is 4.79 Å². The monoisotopic (exact) mass is 333 g/mol. The number of rotatable bonds is 2. The van der Waals surface area contributed by atoms with E-state index in [1.165, 1.54) is 0 Å². The summed E-state index contributed by atoms with van der Waals surface area (Å²) in [6.07, 6.45) is 0. The number of nitrogens with zero attached hydrogens (tertiary/aromatic N) is 1. The lowest BCUT2D eigenvalue weighted by atomic mass is 9.86. The van der Waals surface area contributed by atoms with E-state index >= 15 is 0 Å². The Morgan fingerprint density at radius 2 is 1.56 bits per heavy atom. The molecule has 25 heavy (non-hydrogen) atoms. The van der Waals surface area contributed by atoms with Crippen molar-refractivity contribution >= 4 is 28.3 Å². The van der Waals surface area contributed by atoms with Gasteiger partial charge in [-0.3, -0.25) is 4.98 Å². The Kier molecular flexibility index (Phi) is 4.45. The quantitative estimate of drug-likeness (QED) is 0.652. The van der Waals surface area contributed by atoms with Crippen LogP contribution in [0.5, 0.6) is 0 Å². The highest BCUT2D eigenvalue weighted by atomic mass is 16.2. The minimum absolute atomic E-state index is 0.0518. The van der Waals surface area contributed by atoms with Crippen molar-refractivity contribution in [2.75, 3.05) is 10.6 Å². The van der Waals surface area contributed by atoms with Crippen molar-refractivity contribution in [1.29, 1.82) is 0 Å². The number of aryl methyl sites for hydroxylation is 1. The molecule has 3 aromatic rings. The molecule has 2 amide bonds. The highest BCUT2D eigenvalue weighted by molar-refractivity contribution is 6.05. The maximum atomic E-state index is 12.6. The fraction of sp³-hybridized carbons (Fsp3) is 0.238. The Morgan fingerprint density at radius 3 is 2.32 bits per heavy atom. The number of anilines is 2. The van der Waals surface area contributed by atoms with Crippen molar-refractivity contribution in [2.24, 2.45) is 0 Å². The van der Waals surface area contributed by atoms with Crippen LogP contribution in [0.2, 0.25) is 0 Å². The summed E-state index contributed by atoms with van der Waals surface area (Å²) in [7, 11) is 0. The summed E-state index contributed by atoms with van der Waals surface area (Å²) < 4.78 is 0. The molecule has 0 fully saturated rings. The van der Waals surface area contributed by atoms with Gasteiger partial charge in [0.15, 0.2) is 0 Å². The van der Waals surface area contributed by atoms with E-state index in [4.69, 9.17) is 0 Å². The molecule has 0 unspecified atom stereocenters. The van der Waals surface area contributed by atoms with Crippen molar-refractivity contribution in [2.45, 2.75) is 33.1 Å². The summed E-state index contributed by atoms with van der Waals surface area (Å²) in [5.74, 6) is 0. The van der Waals surface area contributed by atoms with Crippen molar-refractivity contribution in [3.8, 4) is 0 Å². The van der Waals surface area contributed by atoms with Gasteiger partial charge in [0.2, 0.25) is 0 Å². The number of fused-ring (bicyclic) bond motifs is 1. The molecule has 0 bridgehead atoms. The smallest absolute Gasteiger partial charge is 0.307 e. The summed E-state index contributed by atoms with van der Waals surface area (Å²) in [6, 6.07) is 17.3. The molecule has 0 aliphatic rings. The van der Waals surface area contributed by atoms with Crippen LogP contribution in [0.1, 0.15) is 32.0 Å². The van der Waals surface area contributed by atoms with E-state index in [1.807, 2.05) is 61.5 Å². The number of hydrogen-bond donors (Lipinski definition) is 2. The van der Waals surface area contributed by atoms with Crippen LogP contribution in [0.15, 0.2) is 54.6 Å². The highest BCUT2D eigenvalue weighted by Crippen LogP contribution is 2.29. The average Bonchev–Trinajstić information content (AvgIpc) is 2.54. The van der Waals surface area contributed by atoms with Gasteiger partial charge in [0, 0.05) is 16.8 Å². The van der Waals surface area contributed by atoms with Crippen LogP contribution in [-0.4, -0.2) is 11.0 Å². The molecule has 1 heterocycles. The molecule has 0 spiro atoms. The fourth-order valence-corrected chi connectivity index (χ4v) is 2.93. The van der Waals surface area contributed by atoms with Crippen LogP contribution in [0.4, 0.5) is 16.2 Å². The third-order valence-corrected chi connectivity index (χ3v) is 4.08. The molecule has 2 aromatic carbocycles. The molecular formula is C21H23N3O. The molecule has 3 rings (SSSR count). The van der Waals surface area contributed by atoms with Gasteiger partial charge in [-0.2, -0.15) is 0 Å². The number of hydrogen-bond acceptors (Lipinski definition) is 2. The zero-order valence-electron chi connectivity index (χ0n) is 15.1. The molecule has 0 saturated heterocycles. The van der Waals surface area contributed by atoms with Gasteiger partial charge in [0.25, 0.3) is 0 Å². The van der Waals surface area contributed by atoms with Crippen LogP contribution in [0.3, 0.4) is 0 Å². The van der Waals surface area contributed by atoms with Gasteiger partial charge in [0.05, 0.1) is 11.2 Å². The topological polar surface area (TPSA) is 54.0 Å². The zero-order chi connectivity index (χ0) is 18.0. The molecule has 0 aliphatic carbocycles. The first-order chi connectivity index (χ1) is 11.8. The van der Waals surface area contributed by atoms with E-state index < -0.39 is 0 Å². The molecule has 0 aliphatic heterocycles. The van der Waals surface area contributed by atoms with Crippen molar-refractivity contribution in [1.82, 2.24) is 4.98 Å². The van der Waals surface area contributed by atoms with E-state index in [0.717, 1.165) is 33.5 Å². The second-order valence-corrected chi connectivity index (χ2v) is 7.20. The summed E-state index contributed by atoms with van der Waals surface area (Å²) in [5.41, 5.74) is 4.36. The minimum atomic E-state index is -0.257. The number of urea groups is 1. The van der Waals surface area contributed by atoms with E-state index in [-0.39, 0.29) is 11.4 Å². The molecule has 128 valence electrons. The number of para-hydroxylation sites is 2. The number of carbonyl (C=O) groups is 1. The number of benzene rings is 2. The lowest BCUT2D eigenvalue weighted by Crippen LogP contribution is -2.23. The molecule has 2 N–H and O–H groups in total. The molecule has 4 heteroatoms. The second kappa shape index (κ2) is 6.55. The lowest BCUT2D eigenvalue weighted by Gasteiger charge is -2.23. The predicted molar refractivity (Wildman–Crippen MR) is 104 cm³/mol. The van der Waals surface area contributed by atoms with Crippen molar-refractivity contribution in [3.63, 3.8) is 0 Å². The number of pyridine rings is 1. The summed E-state index contributed by atoms with van der Waals surface area (Å²) >= 11 is 0. The maximum absolute atomic E-state index is 12.6. The first-order valence-corrected chi connectivity index (χ1v) is 8.38. The van der Waals surface area contributed by atoms with Gasteiger partial charge < -0.3 is 10.6 Å². The largest absolute Gasteiger partial charge is 0.323 e. The standard InChI is InChI=1S/C21H23N3O/c1-14-13-19(15-9-5-7-11-17(15)22-14)24-20(25)23-18-12-8-6-10-16(18)21(2,3)4/h5-13H,1-4H3,(H2,22,23,24,25). The Labute approximate surface area is 148 Å². The van der Waals surface area contributed by atoms with Crippen molar-refractivity contribution < 1.29 is 4.79 Å². The summed E-state index contributed by atoms with van der Waals surface area (Å²) in [4.78, 5) is 17.1. The number of carbonyl (C=O) groups excluding carboxylic acids is 1. The third-order valence-electron chi connectivity index (χ3n) is 4.08. The van der Waals surface area contributed by atoms with E-state index in [0.29, 0.717) is 0 Å². The SMILES string of the molecule is Cc1cc(NC(=O)Nc2ccccc2C(C)(C)C)c2ccccc2n1. The second-order valence-electron chi connectivity index (χ2n) is 7.20. The molecule has 0 radical (unpaired) electrons. The fourth-order valence-electron chi connectivity index (χ4n) is 2.93. The van der Waals surface area contributed by atoms with Gasteiger partial charge in [-0.15, -0.1) is 0 Å². The first-order valence-electron chi connectivity index (χ1n) is 8.38. The third kappa shape index (κ3) is 3.79. The minimum Gasteiger partial charge on any atom is -0.307 e. The Hall–Kier alpha value is -2.88. The van der Waals surface area contributed by atoms with Crippen LogP contribution >= 0.6 is 0 Å². The van der Waals surface area contributed by atoms with Gasteiger partial charge >= 0.3 is 6.03 Å². The molecule has 1 aromatic heterocycles. The first kappa shape index (κ1) is 17.0. The highest BCUT2D eigenvalue weighted by Gasteiger charge is 2.18. The molecule has 0 saturated carbocycles. The van der Waals surface area contributed by atoms with Gasteiger partial charge in [0.1, 0.15) is 0 Å². The van der Waals surface area contributed by atoms with E-state index in [2.05, 4.69) is 36.4 Å². The zero-order valence-corrected chi connectivity index (χ0v) is 15.1. The average molecular weight is 333 g/mol. The van der Waals surface area contributed by atoms with Crippen LogP contribution < -0.4 is 10.6 Å².